The van der Waals surface area contributed by atoms with E-state index in [1.54, 1.807) is 0 Å². The minimum Gasteiger partial charge on any atom is -0.381 e. The first-order valence-corrected chi connectivity index (χ1v) is 7.33. The summed E-state index contributed by atoms with van der Waals surface area (Å²) in [5, 5.41) is 3.20. The van der Waals surface area contributed by atoms with E-state index in [2.05, 4.69) is 17.3 Å². The molecule has 0 spiro atoms. The molecule has 1 aliphatic heterocycles. The zero-order chi connectivity index (χ0) is 13.9. The van der Waals surface area contributed by atoms with Crippen molar-refractivity contribution in [3.63, 3.8) is 0 Å². The Balaban J connectivity index is 1.90. The maximum Gasteiger partial charge on any atom is 0.239 e. The molecule has 0 aromatic heterocycles. The lowest BCUT2D eigenvalue weighted by molar-refractivity contribution is -0.126. The number of likely N-dealkylation sites (N-methyl/N-ethyl adjacent to an activating group) is 2. The van der Waals surface area contributed by atoms with Gasteiger partial charge >= 0.3 is 0 Å². The van der Waals surface area contributed by atoms with Gasteiger partial charge in [-0.15, -0.1) is 0 Å². The molecule has 1 unspecified atom stereocenters. The number of hydrogen-bond acceptors (Lipinski definition) is 4. The third-order valence-corrected chi connectivity index (χ3v) is 4.59. The average molecular weight is 269 g/mol. The number of nitrogens with zero attached hydrogens (tertiary/aromatic N) is 1. The molecule has 3 N–H and O–H groups in total. The van der Waals surface area contributed by atoms with Crippen molar-refractivity contribution in [1.82, 2.24) is 10.2 Å². The molecule has 2 fully saturated rings. The van der Waals surface area contributed by atoms with Gasteiger partial charge in [-0.05, 0) is 51.6 Å². The molecule has 0 aromatic rings. The summed E-state index contributed by atoms with van der Waals surface area (Å²) in [4.78, 5) is 14.1. The predicted molar refractivity (Wildman–Crippen MR) is 74.7 cm³/mol. The first kappa shape index (κ1) is 14.8. The van der Waals surface area contributed by atoms with Crippen LogP contribution in [0, 0.1) is 11.8 Å². The van der Waals surface area contributed by atoms with E-state index in [0.29, 0.717) is 18.4 Å². The Morgan fingerprint density at radius 3 is 2.47 bits per heavy atom. The third kappa shape index (κ3) is 3.46. The lowest BCUT2D eigenvalue weighted by Crippen LogP contribution is -2.62. The Morgan fingerprint density at radius 1 is 1.37 bits per heavy atom. The minimum absolute atomic E-state index is 0.212. The molecule has 19 heavy (non-hydrogen) atoms. The fourth-order valence-electron chi connectivity index (χ4n) is 3.25. The second-order valence-electron chi connectivity index (χ2n) is 6.11. The summed E-state index contributed by atoms with van der Waals surface area (Å²) in [6.45, 7) is 3.47. The summed E-state index contributed by atoms with van der Waals surface area (Å²) in [5.41, 5.74) is 5.11. The predicted octanol–water partition coefficient (Wildman–Crippen LogP) is 0.198. The zero-order valence-corrected chi connectivity index (χ0v) is 12.2. The van der Waals surface area contributed by atoms with Crippen molar-refractivity contribution < 1.29 is 9.53 Å². The van der Waals surface area contributed by atoms with Crippen molar-refractivity contribution in [1.29, 1.82) is 0 Å². The number of amides is 1. The van der Waals surface area contributed by atoms with Crippen LogP contribution in [0.5, 0.6) is 0 Å². The van der Waals surface area contributed by atoms with Gasteiger partial charge in [0.2, 0.25) is 5.91 Å². The number of primary amides is 1. The van der Waals surface area contributed by atoms with Crippen molar-refractivity contribution in [2.24, 2.45) is 17.6 Å². The number of carbonyl (C=O) groups is 1. The molecule has 2 rings (SSSR count). The van der Waals surface area contributed by atoms with Crippen molar-refractivity contribution in [2.75, 3.05) is 40.4 Å². The van der Waals surface area contributed by atoms with Crippen LogP contribution in [-0.4, -0.2) is 56.7 Å². The highest BCUT2D eigenvalue weighted by atomic mass is 16.5. The van der Waals surface area contributed by atoms with E-state index >= 15 is 0 Å². The molecule has 1 atom stereocenters. The van der Waals surface area contributed by atoms with E-state index in [1.165, 1.54) is 0 Å². The summed E-state index contributed by atoms with van der Waals surface area (Å²) in [5.74, 6) is 0.879. The van der Waals surface area contributed by atoms with E-state index < -0.39 is 5.54 Å². The van der Waals surface area contributed by atoms with E-state index in [0.717, 1.165) is 45.4 Å². The molecule has 1 aliphatic carbocycles. The molecule has 5 heteroatoms. The Kier molecular flexibility index (Phi) is 4.81. The van der Waals surface area contributed by atoms with Crippen molar-refractivity contribution in [3.8, 4) is 0 Å². The van der Waals surface area contributed by atoms with Crippen LogP contribution >= 0.6 is 0 Å². The molecule has 1 saturated carbocycles. The number of rotatable bonds is 7. The van der Waals surface area contributed by atoms with Crippen LogP contribution in [0.1, 0.15) is 25.7 Å². The standard InChI is InChI=1S/C14H27N3O2/c1-16-14(13(15)18,12-3-4-12)10-17(2)9-11-5-7-19-8-6-11/h11-12,16H,3-10H2,1-2H3,(H2,15,18). The normalized spacial score (nSPS) is 24.4. The van der Waals surface area contributed by atoms with Crippen molar-refractivity contribution >= 4 is 5.91 Å². The Labute approximate surface area is 115 Å². The van der Waals surface area contributed by atoms with E-state index in [9.17, 15) is 4.79 Å². The maximum absolute atomic E-state index is 11.9. The monoisotopic (exact) mass is 269 g/mol. The first-order chi connectivity index (χ1) is 9.08. The van der Waals surface area contributed by atoms with E-state index in [4.69, 9.17) is 10.5 Å². The van der Waals surface area contributed by atoms with Gasteiger partial charge in [-0.1, -0.05) is 0 Å². The molecule has 0 aromatic carbocycles. The highest BCUT2D eigenvalue weighted by molar-refractivity contribution is 5.85. The van der Waals surface area contributed by atoms with Crippen LogP contribution < -0.4 is 11.1 Å². The number of nitrogens with one attached hydrogen (secondary N) is 1. The van der Waals surface area contributed by atoms with Crippen LogP contribution in [0.2, 0.25) is 0 Å². The molecular formula is C14H27N3O2. The molecule has 5 nitrogen and oxygen atoms in total. The van der Waals surface area contributed by atoms with Gasteiger partial charge in [0, 0.05) is 26.3 Å². The molecule has 1 heterocycles. The van der Waals surface area contributed by atoms with Crippen LogP contribution in [0.3, 0.4) is 0 Å². The molecule has 110 valence electrons. The van der Waals surface area contributed by atoms with Gasteiger partial charge in [0.05, 0.1) is 0 Å². The maximum atomic E-state index is 11.9. The van der Waals surface area contributed by atoms with Gasteiger partial charge < -0.3 is 20.7 Å². The fourth-order valence-corrected chi connectivity index (χ4v) is 3.25. The molecule has 1 saturated heterocycles. The van der Waals surface area contributed by atoms with Gasteiger partial charge in [-0.3, -0.25) is 4.79 Å². The number of hydrogen-bond donors (Lipinski definition) is 2. The fraction of sp³-hybridized carbons (Fsp3) is 0.929. The van der Waals surface area contributed by atoms with Gasteiger partial charge in [-0.2, -0.15) is 0 Å². The second-order valence-corrected chi connectivity index (χ2v) is 6.11. The van der Waals surface area contributed by atoms with Crippen LogP contribution in [0.25, 0.3) is 0 Å². The van der Waals surface area contributed by atoms with Gasteiger partial charge in [0.25, 0.3) is 0 Å². The smallest absolute Gasteiger partial charge is 0.239 e. The highest BCUT2D eigenvalue weighted by Gasteiger charge is 2.49. The number of ether oxygens (including phenoxy) is 1. The van der Waals surface area contributed by atoms with Crippen LogP contribution in [-0.2, 0) is 9.53 Å². The average Bonchev–Trinajstić information content (AvgIpc) is 3.21. The van der Waals surface area contributed by atoms with Gasteiger partial charge in [-0.25, -0.2) is 0 Å². The molecule has 0 radical (unpaired) electrons. The van der Waals surface area contributed by atoms with Crippen molar-refractivity contribution in [2.45, 2.75) is 31.2 Å². The molecular weight excluding hydrogens is 242 g/mol. The number of carbonyl (C=O) groups excluding carboxylic acids is 1. The van der Waals surface area contributed by atoms with E-state index in [1.807, 2.05) is 7.05 Å². The lowest BCUT2D eigenvalue weighted by Gasteiger charge is -2.36. The van der Waals surface area contributed by atoms with Gasteiger partial charge in [0.1, 0.15) is 5.54 Å². The molecule has 0 bridgehead atoms. The Bertz CT molecular complexity index is 314. The molecule has 2 aliphatic rings. The number of nitrogens with two attached hydrogens (primary N) is 1. The summed E-state index contributed by atoms with van der Waals surface area (Å²) in [6.07, 6.45) is 4.46. The minimum atomic E-state index is -0.542. The Morgan fingerprint density at radius 2 is 2.00 bits per heavy atom. The van der Waals surface area contributed by atoms with Crippen molar-refractivity contribution in [3.05, 3.63) is 0 Å². The van der Waals surface area contributed by atoms with Crippen LogP contribution in [0.15, 0.2) is 0 Å². The van der Waals surface area contributed by atoms with Gasteiger partial charge in [0.15, 0.2) is 0 Å². The van der Waals surface area contributed by atoms with E-state index in [-0.39, 0.29) is 5.91 Å². The second kappa shape index (κ2) is 6.20. The topological polar surface area (TPSA) is 67.6 Å². The zero-order valence-electron chi connectivity index (χ0n) is 12.2. The summed E-state index contributed by atoms with van der Waals surface area (Å²) in [7, 11) is 3.94. The quantitative estimate of drug-likeness (QED) is 0.693. The lowest BCUT2D eigenvalue weighted by atomic mass is 9.91. The SMILES string of the molecule is CNC(CN(C)CC1CCOCC1)(C(N)=O)C1CC1. The highest BCUT2D eigenvalue weighted by Crippen LogP contribution is 2.40. The Hall–Kier alpha value is -0.650. The first-order valence-electron chi connectivity index (χ1n) is 7.33. The van der Waals surface area contributed by atoms with Crippen LogP contribution in [0.4, 0.5) is 0 Å². The molecule has 1 amide bonds. The third-order valence-electron chi connectivity index (χ3n) is 4.59. The largest absolute Gasteiger partial charge is 0.381 e. The summed E-state index contributed by atoms with van der Waals surface area (Å²) < 4.78 is 5.38. The summed E-state index contributed by atoms with van der Waals surface area (Å²) in [6, 6.07) is 0. The summed E-state index contributed by atoms with van der Waals surface area (Å²) >= 11 is 0.